The van der Waals surface area contributed by atoms with Crippen molar-refractivity contribution in [3.8, 4) is 0 Å². The van der Waals surface area contributed by atoms with E-state index in [1.165, 1.54) is 0 Å². The fraction of sp³-hybridized carbons (Fsp3) is 0.400. The minimum absolute atomic E-state index is 0.0111. The van der Waals surface area contributed by atoms with Gasteiger partial charge in [0.05, 0.1) is 11.9 Å². The normalized spacial score (nSPS) is 13.5. The molecule has 0 atom stereocenters. The molecule has 0 radical (unpaired) electrons. The molecule has 4 heteroatoms. The highest BCUT2D eigenvalue weighted by Crippen LogP contribution is 2.06. The molecule has 0 fully saturated rings. The molecule has 0 aliphatic carbocycles. The van der Waals surface area contributed by atoms with Gasteiger partial charge in [-0.2, -0.15) is 5.10 Å². The molecule has 1 aliphatic heterocycles. The van der Waals surface area contributed by atoms with E-state index in [0.29, 0.717) is 12.3 Å². The maximum Gasteiger partial charge on any atom is 0.203 e. The van der Waals surface area contributed by atoms with E-state index >= 15 is 0 Å². The van der Waals surface area contributed by atoms with Crippen molar-refractivity contribution in [2.75, 3.05) is 0 Å². The van der Waals surface area contributed by atoms with Crippen LogP contribution in [0.4, 0.5) is 0 Å². The van der Waals surface area contributed by atoms with Gasteiger partial charge >= 0.3 is 0 Å². The second kappa shape index (κ2) is 3.65. The predicted molar refractivity (Wildman–Crippen MR) is 52.6 cm³/mol. The smallest absolute Gasteiger partial charge is 0.203 e. The van der Waals surface area contributed by atoms with Crippen molar-refractivity contribution in [1.82, 2.24) is 9.78 Å². The number of hydrogen-bond donors (Lipinski definition) is 0. The van der Waals surface area contributed by atoms with Gasteiger partial charge in [0.1, 0.15) is 18.6 Å². The summed E-state index contributed by atoms with van der Waals surface area (Å²) in [5.41, 5.74) is 1.44. The molecule has 0 unspecified atom stereocenters. The van der Waals surface area contributed by atoms with E-state index in [-0.39, 0.29) is 5.43 Å². The number of fused-ring (bicyclic) bond motifs is 1. The van der Waals surface area contributed by atoms with Crippen molar-refractivity contribution in [3.05, 3.63) is 33.9 Å². The van der Waals surface area contributed by atoms with Gasteiger partial charge < -0.3 is 4.74 Å². The van der Waals surface area contributed by atoms with E-state index in [2.05, 4.69) is 5.10 Å². The Bertz CT molecular complexity index is 421. The van der Waals surface area contributed by atoms with Crippen LogP contribution in [0.15, 0.2) is 17.1 Å². The Hall–Kier alpha value is -1.58. The van der Waals surface area contributed by atoms with Crippen LogP contribution in [-0.4, -0.2) is 9.78 Å². The predicted octanol–water partition coefficient (Wildman–Crippen LogP) is 1.15. The summed E-state index contributed by atoms with van der Waals surface area (Å²) in [6.07, 6.45) is 4.97. The third kappa shape index (κ3) is 1.55. The lowest BCUT2D eigenvalue weighted by molar-refractivity contribution is 0.220. The molecule has 0 aromatic carbocycles. The van der Waals surface area contributed by atoms with E-state index in [4.69, 9.17) is 4.74 Å². The highest BCUT2D eigenvalue weighted by atomic mass is 16.5. The Morgan fingerprint density at radius 3 is 3.29 bits per heavy atom. The molecule has 1 aliphatic rings. The molecule has 2 rings (SSSR count). The number of nitrogens with zero attached hydrogens (tertiary/aromatic N) is 2. The van der Waals surface area contributed by atoms with Crippen LogP contribution < -0.4 is 5.43 Å². The highest BCUT2D eigenvalue weighted by Gasteiger charge is 2.08. The van der Waals surface area contributed by atoms with Crippen molar-refractivity contribution in [1.29, 1.82) is 0 Å². The SMILES string of the molecule is CCCc1nn2c(cc1=O)COC=C2. The summed E-state index contributed by atoms with van der Waals surface area (Å²) >= 11 is 0. The lowest BCUT2D eigenvalue weighted by Gasteiger charge is -2.13. The van der Waals surface area contributed by atoms with Crippen molar-refractivity contribution >= 4 is 6.20 Å². The van der Waals surface area contributed by atoms with Crippen LogP contribution in [0.25, 0.3) is 6.20 Å². The average molecular weight is 192 g/mol. The molecule has 1 aromatic rings. The zero-order chi connectivity index (χ0) is 9.97. The summed E-state index contributed by atoms with van der Waals surface area (Å²) in [5, 5.41) is 4.24. The molecule has 0 saturated heterocycles. The topological polar surface area (TPSA) is 44.1 Å². The minimum atomic E-state index is 0.0111. The first kappa shape index (κ1) is 8.99. The summed E-state index contributed by atoms with van der Waals surface area (Å²) in [6.45, 7) is 2.45. The molecule has 74 valence electrons. The first-order chi connectivity index (χ1) is 6.81. The first-order valence-electron chi connectivity index (χ1n) is 4.71. The Morgan fingerprint density at radius 1 is 1.64 bits per heavy atom. The number of aromatic nitrogens is 2. The van der Waals surface area contributed by atoms with E-state index in [0.717, 1.165) is 18.5 Å². The second-order valence-corrected chi connectivity index (χ2v) is 3.24. The van der Waals surface area contributed by atoms with Gasteiger partial charge in [-0.1, -0.05) is 13.3 Å². The van der Waals surface area contributed by atoms with Crippen molar-refractivity contribution in [2.24, 2.45) is 0 Å². The maximum atomic E-state index is 11.5. The van der Waals surface area contributed by atoms with Crippen LogP contribution in [0.2, 0.25) is 0 Å². The zero-order valence-corrected chi connectivity index (χ0v) is 8.06. The maximum absolute atomic E-state index is 11.5. The lowest BCUT2D eigenvalue weighted by atomic mass is 10.2. The molecule has 4 nitrogen and oxygen atoms in total. The van der Waals surface area contributed by atoms with Crippen molar-refractivity contribution in [2.45, 2.75) is 26.4 Å². The molecular formula is C10H12N2O2. The van der Waals surface area contributed by atoms with E-state index in [1.807, 2.05) is 6.92 Å². The van der Waals surface area contributed by atoms with Crippen LogP contribution in [0.3, 0.4) is 0 Å². The summed E-state index contributed by atoms with van der Waals surface area (Å²) in [7, 11) is 0. The van der Waals surface area contributed by atoms with Gasteiger partial charge in [0.15, 0.2) is 0 Å². The first-order valence-corrected chi connectivity index (χ1v) is 4.71. The molecule has 0 bridgehead atoms. The Morgan fingerprint density at radius 2 is 2.50 bits per heavy atom. The van der Waals surface area contributed by atoms with Crippen LogP contribution in [0, 0.1) is 0 Å². The molecular weight excluding hydrogens is 180 g/mol. The third-order valence-corrected chi connectivity index (χ3v) is 2.12. The quantitative estimate of drug-likeness (QED) is 0.706. The van der Waals surface area contributed by atoms with Gasteiger partial charge in [-0.3, -0.25) is 4.79 Å². The van der Waals surface area contributed by atoms with Crippen LogP contribution in [0.1, 0.15) is 24.7 Å². The van der Waals surface area contributed by atoms with Crippen LogP contribution in [0.5, 0.6) is 0 Å². The third-order valence-electron chi connectivity index (χ3n) is 2.12. The monoisotopic (exact) mass is 192 g/mol. The highest BCUT2D eigenvalue weighted by molar-refractivity contribution is 5.25. The summed E-state index contributed by atoms with van der Waals surface area (Å²) in [4.78, 5) is 11.5. The summed E-state index contributed by atoms with van der Waals surface area (Å²) < 4.78 is 6.77. The summed E-state index contributed by atoms with van der Waals surface area (Å²) in [5.74, 6) is 0. The Kier molecular flexibility index (Phi) is 2.35. The van der Waals surface area contributed by atoms with Gasteiger partial charge in [-0.15, -0.1) is 0 Å². The fourth-order valence-electron chi connectivity index (χ4n) is 1.43. The van der Waals surface area contributed by atoms with E-state index in [9.17, 15) is 4.79 Å². The van der Waals surface area contributed by atoms with Gasteiger partial charge in [-0.25, -0.2) is 4.68 Å². The zero-order valence-electron chi connectivity index (χ0n) is 8.06. The Labute approximate surface area is 81.8 Å². The van der Waals surface area contributed by atoms with Crippen molar-refractivity contribution in [3.63, 3.8) is 0 Å². The van der Waals surface area contributed by atoms with Crippen LogP contribution >= 0.6 is 0 Å². The number of aryl methyl sites for hydroxylation is 1. The van der Waals surface area contributed by atoms with E-state index in [1.54, 1.807) is 23.2 Å². The Balaban J connectivity index is 2.47. The lowest BCUT2D eigenvalue weighted by Crippen LogP contribution is -2.20. The molecule has 0 saturated carbocycles. The molecule has 0 amide bonds. The van der Waals surface area contributed by atoms with Crippen LogP contribution in [-0.2, 0) is 17.8 Å². The fourth-order valence-corrected chi connectivity index (χ4v) is 1.43. The van der Waals surface area contributed by atoms with Crippen molar-refractivity contribution < 1.29 is 4.74 Å². The summed E-state index contributed by atoms with van der Waals surface area (Å²) in [6, 6.07) is 1.60. The van der Waals surface area contributed by atoms with E-state index < -0.39 is 0 Å². The second-order valence-electron chi connectivity index (χ2n) is 3.24. The minimum Gasteiger partial charge on any atom is -0.493 e. The number of rotatable bonds is 2. The van der Waals surface area contributed by atoms with Gasteiger partial charge in [0, 0.05) is 6.07 Å². The van der Waals surface area contributed by atoms with Gasteiger partial charge in [0.25, 0.3) is 0 Å². The average Bonchev–Trinajstić information content (AvgIpc) is 2.19. The van der Waals surface area contributed by atoms with Gasteiger partial charge in [-0.05, 0) is 6.42 Å². The number of hydrogen-bond acceptors (Lipinski definition) is 3. The standard InChI is InChI=1S/C10H12N2O2/c1-2-3-9-10(13)6-8-7-14-5-4-12(8)11-9/h4-6H,2-3,7H2,1H3. The molecule has 1 aromatic heterocycles. The molecule has 0 spiro atoms. The largest absolute Gasteiger partial charge is 0.493 e. The van der Waals surface area contributed by atoms with Gasteiger partial charge in [0.2, 0.25) is 5.43 Å². The molecule has 14 heavy (non-hydrogen) atoms. The molecule has 0 N–H and O–H groups in total. The number of ether oxygens (including phenoxy) is 1. The molecule has 2 heterocycles.